The van der Waals surface area contributed by atoms with Crippen LogP contribution in [0, 0.1) is 5.41 Å². The highest BCUT2D eigenvalue weighted by atomic mass is 16.2. The van der Waals surface area contributed by atoms with E-state index in [1.807, 2.05) is 32.6 Å². The van der Waals surface area contributed by atoms with Gasteiger partial charge in [0.15, 0.2) is 5.78 Å². The number of nitrogens with zero attached hydrogens (tertiary/aromatic N) is 1. The van der Waals surface area contributed by atoms with Crippen LogP contribution in [0.25, 0.3) is 0 Å². The second kappa shape index (κ2) is 3.31. The number of β-lactam (4-membered cyclic amide) rings is 1. The lowest BCUT2D eigenvalue weighted by molar-refractivity contribution is -0.199. The fraction of sp³-hybridized carbons (Fsp3) is 0.846. The van der Waals surface area contributed by atoms with E-state index in [1.165, 1.54) is 0 Å². The molecule has 2 rings (SSSR count). The average molecular weight is 223 g/mol. The highest BCUT2D eigenvalue weighted by Crippen LogP contribution is 2.55. The SMILES string of the molecule is CC(C)N1C(=O)C2(CCCCC2=O)C1(C)C. The van der Waals surface area contributed by atoms with Crippen LogP contribution in [0.1, 0.15) is 53.4 Å². The van der Waals surface area contributed by atoms with Crippen molar-refractivity contribution in [2.24, 2.45) is 5.41 Å². The largest absolute Gasteiger partial charge is 0.333 e. The van der Waals surface area contributed by atoms with Crippen LogP contribution in [0.2, 0.25) is 0 Å². The first-order chi connectivity index (χ1) is 7.35. The van der Waals surface area contributed by atoms with Crippen LogP contribution in [0.15, 0.2) is 0 Å². The number of likely N-dealkylation sites (tertiary alicyclic amines) is 1. The van der Waals surface area contributed by atoms with E-state index in [0.717, 1.165) is 19.3 Å². The summed E-state index contributed by atoms with van der Waals surface area (Å²) in [6.45, 7) is 8.11. The summed E-state index contributed by atoms with van der Waals surface area (Å²) in [6.07, 6.45) is 3.29. The average Bonchev–Trinajstić information content (AvgIpc) is 2.16. The Bertz CT molecular complexity index is 346. The molecule has 1 atom stereocenters. The fourth-order valence-corrected chi connectivity index (χ4v) is 3.66. The van der Waals surface area contributed by atoms with Crippen LogP contribution in [0.5, 0.6) is 0 Å². The third-order valence-corrected chi connectivity index (χ3v) is 4.43. The molecule has 1 heterocycles. The number of Topliss-reactive ketones (excluding diaryl/α,β-unsaturated/α-hetero) is 1. The van der Waals surface area contributed by atoms with Crippen LogP contribution in [0.3, 0.4) is 0 Å². The van der Waals surface area contributed by atoms with Gasteiger partial charge in [-0.2, -0.15) is 0 Å². The zero-order chi connectivity index (χ0) is 12.1. The van der Waals surface area contributed by atoms with Crippen molar-refractivity contribution in [3.8, 4) is 0 Å². The summed E-state index contributed by atoms with van der Waals surface area (Å²) in [7, 11) is 0. The molecule has 1 amide bonds. The number of carbonyl (C=O) groups is 2. The van der Waals surface area contributed by atoms with Gasteiger partial charge in [0.2, 0.25) is 5.91 Å². The van der Waals surface area contributed by atoms with E-state index in [1.54, 1.807) is 0 Å². The molecule has 90 valence electrons. The van der Waals surface area contributed by atoms with E-state index in [2.05, 4.69) is 0 Å². The maximum atomic E-state index is 12.3. The third kappa shape index (κ3) is 1.09. The lowest BCUT2D eigenvalue weighted by Crippen LogP contribution is -2.79. The number of rotatable bonds is 1. The highest BCUT2D eigenvalue weighted by molar-refractivity contribution is 6.12. The Morgan fingerprint density at radius 3 is 2.25 bits per heavy atom. The molecule has 1 saturated heterocycles. The van der Waals surface area contributed by atoms with Crippen LogP contribution < -0.4 is 0 Å². The Morgan fingerprint density at radius 1 is 1.19 bits per heavy atom. The van der Waals surface area contributed by atoms with Crippen molar-refractivity contribution in [1.29, 1.82) is 0 Å². The first-order valence-corrected chi connectivity index (χ1v) is 6.23. The Hall–Kier alpha value is -0.860. The summed E-state index contributed by atoms with van der Waals surface area (Å²) >= 11 is 0. The van der Waals surface area contributed by atoms with Crippen molar-refractivity contribution in [3.63, 3.8) is 0 Å². The zero-order valence-corrected chi connectivity index (χ0v) is 10.7. The summed E-state index contributed by atoms with van der Waals surface area (Å²) in [6, 6.07) is 0.183. The molecule has 0 N–H and O–H groups in total. The number of hydrogen-bond acceptors (Lipinski definition) is 2. The van der Waals surface area contributed by atoms with Gasteiger partial charge in [-0.25, -0.2) is 0 Å². The van der Waals surface area contributed by atoms with Crippen LogP contribution in [-0.4, -0.2) is 28.2 Å². The van der Waals surface area contributed by atoms with Gasteiger partial charge in [-0.05, 0) is 40.5 Å². The molecule has 2 aliphatic rings. The minimum atomic E-state index is -0.685. The van der Waals surface area contributed by atoms with Crippen molar-refractivity contribution < 1.29 is 9.59 Å². The number of hydrogen-bond donors (Lipinski definition) is 0. The van der Waals surface area contributed by atoms with Crippen molar-refractivity contribution >= 4 is 11.7 Å². The predicted octanol–water partition coefficient (Wildman–Crippen LogP) is 2.15. The molecule has 0 aromatic heterocycles. The summed E-state index contributed by atoms with van der Waals surface area (Å²) in [5, 5.41) is 0. The summed E-state index contributed by atoms with van der Waals surface area (Å²) in [5.74, 6) is 0.239. The summed E-state index contributed by atoms with van der Waals surface area (Å²) in [5.41, 5.74) is -0.981. The zero-order valence-electron chi connectivity index (χ0n) is 10.7. The second-order valence-corrected chi connectivity index (χ2v) is 5.86. The number of carbonyl (C=O) groups excluding carboxylic acids is 2. The fourth-order valence-electron chi connectivity index (χ4n) is 3.66. The standard InChI is InChI=1S/C13H21NO2/c1-9(2)14-11(16)13(12(14,3)4)8-6-5-7-10(13)15/h9H,5-8H2,1-4H3. The van der Waals surface area contributed by atoms with Gasteiger partial charge in [-0.3, -0.25) is 9.59 Å². The summed E-state index contributed by atoms with van der Waals surface area (Å²) < 4.78 is 0. The lowest BCUT2D eigenvalue weighted by Gasteiger charge is -2.64. The molecule has 3 heteroatoms. The number of amides is 1. The van der Waals surface area contributed by atoms with Gasteiger partial charge < -0.3 is 4.90 Å². The van der Waals surface area contributed by atoms with E-state index in [-0.39, 0.29) is 23.3 Å². The predicted molar refractivity (Wildman–Crippen MR) is 62.0 cm³/mol. The Labute approximate surface area is 97.2 Å². The maximum Gasteiger partial charge on any atom is 0.239 e. The van der Waals surface area contributed by atoms with Gasteiger partial charge in [0.05, 0.1) is 5.54 Å². The molecule has 0 aromatic carbocycles. The van der Waals surface area contributed by atoms with E-state index >= 15 is 0 Å². The molecule has 3 nitrogen and oxygen atoms in total. The van der Waals surface area contributed by atoms with Gasteiger partial charge in [0.25, 0.3) is 0 Å². The highest BCUT2D eigenvalue weighted by Gasteiger charge is 2.70. The second-order valence-electron chi connectivity index (χ2n) is 5.86. The molecule has 0 radical (unpaired) electrons. The smallest absolute Gasteiger partial charge is 0.239 e. The normalized spacial score (nSPS) is 33.4. The minimum Gasteiger partial charge on any atom is -0.333 e. The molecule has 1 unspecified atom stereocenters. The van der Waals surface area contributed by atoms with E-state index in [4.69, 9.17) is 0 Å². The minimum absolute atomic E-state index is 0.0669. The van der Waals surface area contributed by atoms with Crippen LogP contribution >= 0.6 is 0 Å². The van der Waals surface area contributed by atoms with Gasteiger partial charge in [0, 0.05) is 12.5 Å². The molecular formula is C13H21NO2. The van der Waals surface area contributed by atoms with Crippen molar-refractivity contribution in [2.75, 3.05) is 0 Å². The molecule has 16 heavy (non-hydrogen) atoms. The first-order valence-electron chi connectivity index (χ1n) is 6.23. The molecule has 1 spiro atoms. The van der Waals surface area contributed by atoms with Crippen LogP contribution in [-0.2, 0) is 9.59 Å². The maximum absolute atomic E-state index is 12.3. The van der Waals surface area contributed by atoms with Gasteiger partial charge in [0.1, 0.15) is 5.41 Å². The molecule has 1 saturated carbocycles. The van der Waals surface area contributed by atoms with Gasteiger partial charge in [-0.1, -0.05) is 6.42 Å². The molecular weight excluding hydrogens is 202 g/mol. The van der Waals surface area contributed by atoms with E-state index < -0.39 is 5.41 Å². The van der Waals surface area contributed by atoms with Crippen molar-refractivity contribution in [1.82, 2.24) is 4.90 Å². The molecule has 2 fully saturated rings. The molecule has 0 aromatic rings. The van der Waals surface area contributed by atoms with Gasteiger partial charge >= 0.3 is 0 Å². The molecule has 1 aliphatic carbocycles. The monoisotopic (exact) mass is 223 g/mol. The Kier molecular flexibility index (Phi) is 2.41. The third-order valence-electron chi connectivity index (χ3n) is 4.43. The Morgan fingerprint density at radius 2 is 1.81 bits per heavy atom. The molecule has 1 aliphatic heterocycles. The topological polar surface area (TPSA) is 37.4 Å². The quantitative estimate of drug-likeness (QED) is 0.504. The Balaban J connectivity index is 2.37. The van der Waals surface area contributed by atoms with Crippen molar-refractivity contribution in [2.45, 2.75) is 65.0 Å². The first kappa shape index (κ1) is 11.6. The number of ketones is 1. The van der Waals surface area contributed by atoms with Gasteiger partial charge in [-0.15, -0.1) is 0 Å². The lowest BCUT2D eigenvalue weighted by atomic mass is 9.54. The van der Waals surface area contributed by atoms with E-state index in [9.17, 15) is 9.59 Å². The molecule has 0 bridgehead atoms. The van der Waals surface area contributed by atoms with Crippen molar-refractivity contribution in [3.05, 3.63) is 0 Å². The van der Waals surface area contributed by atoms with Crippen LogP contribution in [0.4, 0.5) is 0 Å². The van der Waals surface area contributed by atoms with E-state index in [0.29, 0.717) is 6.42 Å². The summed E-state index contributed by atoms with van der Waals surface area (Å²) in [4.78, 5) is 26.3.